The van der Waals surface area contributed by atoms with Crippen molar-refractivity contribution >= 4 is 28.8 Å². The van der Waals surface area contributed by atoms with Crippen LogP contribution in [-0.4, -0.2) is 38.5 Å². The maximum atomic E-state index is 13.1. The number of carbonyl (C=O) groups excluding carboxylic acids is 2. The van der Waals surface area contributed by atoms with E-state index in [0.29, 0.717) is 28.2 Å². The zero-order valence-corrected chi connectivity index (χ0v) is 20.2. The number of hydrogen-bond donors (Lipinski definition) is 3. The van der Waals surface area contributed by atoms with Gasteiger partial charge in [-0.25, -0.2) is 9.78 Å². The van der Waals surface area contributed by atoms with Gasteiger partial charge in [0.05, 0.1) is 22.9 Å². The predicted molar refractivity (Wildman–Crippen MR) is 137 cm³/mol. The normalized spacial score (nSPS) is 14.9. The summed E-state index contributed by atoms with van der Waals surface area (Å²) in [7, 11) is 0. The van der Waals surface area contributed by atoms with E-state index >= 15 is 0 Å². The summed E-state index contributed by atoms with van der Waals surface area (Å²) in [5.74, 6) is -1.42. The summed E-state index contributed by atoms with van der Waals surface area (Å²) in [6, 6.07) is 12.7. The smallest absolute Gasteiger partial charge is 0.326 e. The first-order valence-corrected chi connectivity index (χ1v) is 12.4. The summed E-state index contributed by atoms with van der Waals surface area (Å²) >= 11 is 0. The lowest BCUT2D eigenvalue weighted by atomic mass is 9.95. The van der Waals surface area contributed by atoms with Crippen LogP contribution in [0.1, 0.15) is 64.4 Å². The van der Waals surface area contributed by atoms with E-state index in [0.717, 1.165) is 42.6 Å². The van der Waals surface area contributed by atoms with Gasteiger partial charge in [-0.3, -0.25) is 9.59 Å². The standard InChI is InChI=1S/C28H28N4O5/c29-25(33)18-8-6-17(7-9-18)14-23(28(35)36)31-27(34)19-10-11-24-22(15-19)30-26(20-12-13-37-16-20)32(24)21-4-2-1-3-5-21/h6-13,15-16,21,23H,1-5,14H2,(H2,29,33)(H,31,34)(H,35,36)/t23-/m0/s1. The van der Waals surface area contributed by atoms with Crippen LogP contribution in [0.15, 0.2) is 65.5 Å². The van der Waals surface area contributed by atoms with E-state index in [4.69, 9.17) is 15.1 Å². The molecule has 4 N–H and O–H groups in total. The summed E-state index contributed by atoms with van der Waals surface area (Å²) in [6.45, 7) is 0. The average Bonchev–Trinajstić information content (AvgIpc) is 3.56. The van der Waals surface area contributed by atoms with Crippen molar-refractivity contribution in [2.75, 3.05) is 0 Å². The molecule has 0 aliphatic heterocycles. The number of amides is 2. The first kappa shape index (κ1) is 24.3. The van der Waals surface area contributed by atoms with Gasteiger partial charge < -0.3 is 25.1 Å². The summed E-state index contributed by atoms with van der Waals surface area (Å²) in [6.07, 6.45) is 9.04. The molecule has 37 heavy (non-hydrogen) atoms. The number of nitrogens with one attached hydrogen (secondary N) is 1. The Morgan fingerprint density at radius 1 is 1.05 bits per heavy atom. The van der Waals surface area contributed by atoms with Crippen LogP contribution in [0.5, 0.6) is 0 Å². The summed E-state index contributed by atoms with van der Waals surface area (Å²) in [5, 5.41) is 12.3. The quantitative estimate of drug-likeness (QED) is 0.329. The summed E-state index contributed by atoms with van der Waals surface area (Å²) < 4.78 is 7.55. The SMILES string of the molecule is NC(=O)c1ccc(C[C@H](NC(=O)c2ccc3c(c2)nc(-c2ccoc2)n3C2CCCCC2)C(=O)O)cc1. The molecule has 1 aliphatic rings. The monoisotopic (exact) mass is 500 g/mol. The fourth-order valence-corrected chi connectivity index (χ4v) is 5.03. The Bertz CT molecular complexity index is 1430. The lowest BCUT2D eigenvalue weighted by Gasteiger charge is -2.25. The fourth-order valence-electron chi connectivity index (χ4n) is 5.03. The van der Waals surface area contributed by atoms with Gasteiger partial charge in [-0.1, -0.05) is 31.4 Å². The number of nitrogens with two attached hydrogens (primary N) is 1. The molecule has 2 aromatic carbocycles. The minimum absolute atomic E-state index is 0.0588. The van der Waals surface area contributed by atoms with Crippen LogP contribution in [0, 0.1) is 0 Å². The predicted octanol–water partition coefficient (Wildman–Crippen LogP) is 4.33. The van der Waals surface area contributed by atoms with Crippen LogP contribution in [-0.2, 0) is 11.2 Å². The number of hydrogen-bond acceptors (Lipinski definition) is 5. The molecule has 9 heteroatoms. The van der Waals surface area contributed by atoms with Crippen LogP contribution in [0.3, 0.4) is 0 Å². The lowest BCUT2D eigenvalue weighted by molar-refractivity contribution is -0.139. The highest BCUT2D eigenvalue weighted by molar-refractivity contribution is 5.99. The Balaban J connectivity index is 1.41. The number of benzene rings is 2. The van der Waals surface area contributed by atoms with E-state index in [2.05, 4.69) is 9.88 Å². The minimum atomic E-state index is -1.16. The number of nitrogens with zero attached hydrogens (tertiary/aromatic N) is 2. The minimum Gasteiger partial charge on any atom is -0.480 e. The topological polar surface area (TPSA) is 140 Å². The first-order chi connectivity index (χ1) is 17.9. The molecule has 190 valence electrons. The van der Waals surface area contributed by atoms with Gasteiger partial charge in [0, 0.05) is 23.6 Å². The Labute approximate surface area is 213 Å². The van der Waals surface area contributed by atoms with Crippen LogP contribution in [0.4, 0.5) is 0 Å². The Hall–Kier alpha value is -4.40. The highest BCUT2D eigenvalue weighted by Gasteiger charge is 2.25. The van der Waals surface area contributed by atoms with Crippen LogP contribution >= 0.6 is 0 Å². The van der Waals surface area contributed by atoms with Crippen LogP contribution < -0.4 is 11.1 Å². The number of primary amides is 1. The average molecular weight is 501 g/mol. The van der Waals surface area contributed by atoms with Crippen molar-refractivity contribution in [3.05, 3.63) is 77.7 Å². The summed E-state index contributed by atoms with van der Waals surface area (Å²) in [5.41, 5.74) is 9.06. The van der Waals surface area contributed by atoms with Crippen molar-refractivity contribution in [2.45, 2.75) is 50.6 Å². The largest absolute Gasteiger partial charge is 0.480 e. The van der Waals surface area contributed by atoms with Gasteiger partial charge in [0.1, 0.15) is 18.1 Å². The second kappa shape index (κ2) is 10.3. The van der Waals surface area contributed by atoms with Gasteiger partial charge in [-0.2, -0.15) is 0 Å². The van der Waals surface area contributed by atoms with Crippen molar-refractivity contribution in [1.29, 1.82) is 0 Å². The van der Waals surface area contributed by atoms with E-state index in [1.54, 1.807) is 36.8 Å². The van der Waals surface area contributed by atoms with Crippen molar-refractivity contribution < 1.29 is 23.9 Å². The molecule has 5 rings (SSSR count). The molecule has 0 spiro atoms. The van der Waals surface area contributed by atoms with E-state index in [1.165, 1.54) is 18.6 Å². The Morgan fingerprint density at radius 3 is 2.43 bits per heavy atom. The molecular weight excluding hydrogens is 472 g/mol. The van der Waals surface area contributed by atoms with Crippen LogP contribution in [0.2, 0.25) is 0 Å². The van der Waals surface area contributed by atoms with Gasteiger partial charge in [-0.15, -0.1) is 0 Å². The Kier molecular flexibility index (Phi) is 6.76. The molecule has 9 nitrogen and oxygen atoms in total. The molecule has 0 radical (unpaired) electrons. The highest BCUT2D eigenvalue weighted by Crippen LogP contribution is 2.36. The fraction of sp³-hybridized carbons (Fsp3) is 0.286. The number of furan rings is 1. The third kappa shape index (κ3) is 5.11. The van der Waals surface area contributed by atoms with Crippen molar-refractivity contribution in [3.8, 4) is 11.4 Å². The molecule has 1 fully saturated rings. The molecule has 1 atom stereocenters. The third-order valence-corrected chi connectivity index (χ3v) is 6.95. The van der Waals surface area contributed by atoms with Gasteiger partial charge in [-0.05, 0) is 54.8 Å². The van der Waals surface area contributed by atoms with Crippen molar-refractivity contribution in [1.82, 2.24) is 14.9 Å². The molecule has 1 saturated carbocycles. The molecule has 0 unspecified atom stereocenters. The molecule has 2 aromatic heterocycles. The number of rotatable bonds is 8. The van der Waals surface area contributed by atoms with E-state index < -0.39 is 23.8 Å². The zero-order chi connectivity index (χ0) is 25.9. The molecular formula is C28H28N4O5. The van der Waals surface area contributed by atoms with Gasteiger partial charge >= 0.3 is 5.97 Å². The number of aliphatic carboxylic acids is 1. The molecule has 4 aromatic rings. The van der Waals surface area contributed by atoms with E-state index in [-0.39, 0.29) is 6.42 Å². The molecule has 0 saturated heterocycles. The third-order valence-electron chi connectivity index (χ3n) is 6.95. The number of aromatic nitrogens is 2. The van der Waals surface area contributed by atoms with E-state index in [1.807, 2.05) is 12.1 Å². The number of fused-ring (bicyclic) bond motifs is 1. The van der Waals surface area contributed by atoms with Crippen molar-refractivity contribution in [3.63, 3.8) is 0 Å². The molecule has 2 amide bonds. The molecule has 1 aliphatic carbocycles. The number of imidazole rings is 1. The maximum Gasteiger partial charge on any atom is 0.326 e. The van der Waals surface area contributed by atoms with Gasteiger partial charge in [0.25, 0.3) is 5.91 Å². The van der Waals surface area contributed by atoms with Crippen molar-refractivity contribution in [2.24, 2.45) is 5.73 Å². The van der Waals surface area contributed by atoms with E-state index in [9.17, 15) is 19.5 Å². The highest BCUT2D eigenvalue weighted by atomic mass is 16.4. The maximum absolute atomic E-state index is 13.1. The molecule has 2 heterocycles. The number of carboxylic acid groups (broad SMARTS) is 1. The summed E-state index contributed by atoms with van der Waals surface area (Å²) in [4.78, 5) is 41.1. The second-order valence-electron chi connectivity index (χ2n) is 9.44. The molecule has 0 bridgehead atoms. The lowest BCUT2D eigenvalue weighted by Crippen LogP contribution is -2.42. The van der Waals surface area contributed by atoms with Gasteiger partial charge in [0.2, 0.25) is 5.91 Å². The first-order valence-electron chi connectivity index (χ1n) is 12.4. The second-order valence-corrected chi connectivity index (χ2v) is 9.44. The zero-order valence-electron chi connectivity index (χ0n) is 20.2. The Morgan fingerprint density at radius 2 is 1.78 bits per heavy atom. The van der Waals surface area contributed by atoms with Gasteiger partial charge in [0.15, 0.2) is 0 Å². The van der Waals surface area contributed by atoms with Crippen LogP contribution in [0.25, 0.3) is 22.4 Å². The number of carboxylic acids is 1. The number of carbonyl (C=O) groups is 3.